The van der Waals surface area contributed by atoms with Crippen molar-refractivity contribution in [3.63, 3.8) is 0 Å². The van der Waals surface area contributed by atoms with Crippen LogP contribution in [0.15, 0.2) is 35.3 Å². The van der Waals surface area contributed by atoms with E-state index in [-0.39, 0.29) is 10.7 Å². The summed E-state index contributed by atoms with van der Waals surface area (Å²) < 4.78 is 0. The normalized spacial score (nSPS) is 9.12. The minimum absolute atomic E-state index is 0.0355. The third-order valence-corrected chi connectivity index (χ3v) is 2.49. The van der Waals surface area contributed by atoms with Crippen molar-refractivity contribution < 1.29 is 4.92 Å². The lowest BCUT2D eigenvalue weighted by Crippen LogP contribution is -1.89. The van der Waals surface area contributed by atoms with Crippen LogP contribution in [0, 0.1) is 17.0 Å². The van der Waals surface area contributed by atoms with E-state index in [0.717, 1.165) is 5.56 Å². The Labute approximate surface area is 102 Å². The number of hydrogen-bond acceptors (Lipinski definition) is 4. The van der Waals surface area contributed by atoms with Gasteiger partial charge >= 0.3 is 0 Å². The van der Waals surface area contributed by atoms with Crippen molar-refractivity contribution in [3.8, 4) is 0 Å². The summed E-state index contributed by atoms with van der Waals surface area (Å²) in [7, 11) is 0. The number of thiazole rings is 1. The molecule has 0 aliphatic rings. The Morgan fingerprint density at radius 1 is 1.50 bits per heavy atom. The lowest BCUT2D eigenvalue weighted by atomic mass is 10.2. The first-order valence-corrected chi connectivity index (χ1v) is 5.66. The number of aryl methyl sites for hydroxylation is 1. The molecule has 0 unspecified atom stereocenters. The van der Waals surface area contributed by atoms with Crippen LogP contribution in [0.5, 0.6) is 0 Å². The predicted molar refractivity (Wildman–Crippen MR) is 65.0 cm³/mol. The average Bonchev–Trinajstić information content (AvgIpc) is 2.79. The van der Waals surface area contributed by atoms with Crippen molar-refractivity contribution in [2.45, 2.75) is 6.92 Å². The van der Waals surface area contributed by atoms with E-state index in [1.54, 1.807) is 36.0 Å². The van der Waals surface area contributed by atoms with Crippen LogP contribution in [0.2, 0.25) is 5.02 Å². The van der Waals surface area contributed by atoms with E-state index in [4.69, 9.17) is 11.6 Å². The second kappa shape index (κ2) is 6.19. The number of benzene rings is 1. The fourth-order valence-corrected chi connectivity index (χ4v) is 1.48. The number of nitro groups is 1. The summed E-state index contributed by atoms with van der Waals surface area (Å²) in [6.45, 7) is 1.78. The molecule has 1 heterocycles. The fourth-order valence-electron chi connectivity index (χ4n) is 0.938. The molecule has 0 radical (unpaired) electrons. The molecular weight excluding hydrogens is 248 g/mol. The van der Waals surface area contributed by atoms with E-state index < -0.39 is 4.92 Å². The van der Waals surface area contributed by atoms with Crippen molar-refractivity contribution in [1.29, 1.82) is 0 Å². The molecule has 0 aliphatic carbocycles. The summed E-state index contributed by atoms with van der Waals surface area (Å²) in [4.78, 5) is 13.5. The van der Waals surface area contributed by atoms with E-state index in [0.29, 0.717) is 0 Å². The van der Waals surface area contributed by atoms with E-state index in [1.165, 1.54) is 12.1 Å². The highest BCUT2D eigenvalue weighted by molar-refractivity contribution is 7.07. The molecule has 1 aromatic carbocycles. The largest absolute Gasteiger partial charge is 0.288 e. The molecule has 6 heteroatoms. The van der Waals surface area contributed by atoms with Gasteiger partial charge in [0.2, 0.25) is 0 Å². The maximum absolute atomic E-state index is 10.3. The van der Waals surface area contributed by atoms with Crippen LogP contribution in [-0.2, 0) is 0 Å². The van der Waals surface area contributed by atoms with Gasteiger partial charge in [0.05, 0.1) is 10.4 Å². The highest BCUT2D eigenvalue weighted by Gasteiger charge is 2.10. The Morgan fingerprint density at radius 2 is 2.25 bits per heavy atom. The lowest BCUT2D eigenvalue weighted by Gasteiger charge is -1.94. The summed E-state index contributed by atoms with van der Waals surface area (Å²) in [5, 5.41) is 12.4. The van der Waals surface area contributed by atoms with Gasteiger partial charge in [-0.15, -0.1) is 11.3 Å². The van der Waals surface area contributed by atoms with Gasteiger partial charge in [-0.3, -0.25) is 15.1 Å². The molecule has 1 aromatic heterocycles. The first-order valence-electron chi connectivity index (χ1n) is 4.34. The van der Waals surface area contributed by atoms with E-state index >= 15 is 0 Å². The zero-order valence-electron chi connectivity index (χ0n) is 8.46. The van der Waals surface area contributed by atoms with Gasteiger partial charge in [-0.25, -0.2) is 0 Å². The van der Waals surface area contributed by atoms with Crippen LogP contribution in [0.3, 0.4) is 0 Å². The van der Waals surface area contributed by atoms with Crippen molar-refractivity contribution in [3.05, 3.63) is 56.0 Å². The van der Waals surface area contributed by atoms with E-state index in [1.807, 2.05) is 5.38 Å². The Bertz CT molecular complexity index is 443. The molecule has 0 saturated heterocycles. The van der Waals surface area contributed by atoms with Crippen molar-refractivity contribution in [2.75, 3.05) is 0 Å². The van der Waals surface area contributed by atoms with Crippen molar-refractivity contribution >= 4 is 28.6 Å². The number of aromatic nitrogens is 1. The molecule has 0 spiro atoms. The molecule has 0 saturated carbocycles. The molecular formula is C10H9ClN2O2S. The summed E-state index contributed by atoms with van der Waals surface area (Å²) in [6, 6.07) is 4.70. The first-order chi connectivity index (χ1) is 7.61. The summed E-state index contributed by atoms with van der Waals surface area (Å²) in [5.74, 6) is 0. The van der Waals surface area contributed by atoms with Crippen LogP contribution in [0.1, 0.15) is 5.56 Å². The number of nitrogens with zero attached hydrogens (tertiary/aromatic N) is 2. The van der Waals surface area contributed by atoms with E-state index in [9.17, 15) is 10.1 Å². The molecule has 0 aliphatic heterocycles. The summed E-state index contributed by atoms with van der Waals surface area (Å²) in [5.41, 5.74) is 2.59. The van der Waals surface area contributed by atoms with Gasteiger partial charge < -0.3 is 0 Å². The zero-order valence-corrected chi connectivity index (χ0v) is 10.0. The van der Waals surface area contributed by atoms with Crippen LogP contribution < -0.4 is 0 Å². The van der Waals surface area contributed by atoms with Gasteiger partial charge in [-0.2, -0.15) is 0 Å². The third kappa shape index (κ3) is 3.96. The molecule has 2 rings (SSSR count). The summed E-state index contributed by atoms with van der Waals surface area (Å²) in [6.07, 6.45) is 1.77. The molecule has 84 valence electrons. The van der Waals surface area contributed by atoms with Gasteiger partial charge in [0.1, 0.15) is 5.02 Å². The molecule has 0 N–H and O–H groups in total. The maximum atomic E-state index is 10.3. The Kier molecular flexibility index (Phi) is 4.88. The highest BCUT2D eigenvalue weighted by atomic mass is 35.5. The van der Waals surface area contributed by atoms with Crippen LogP contribution >= 0.6 is 22.9 Å². The van der Waals surface area contributed by atoms with Gasteiger partial charge in [0.15, 0.2) is 0 Å². The average molecular weight is 257 g/mol. The number of rotatable bonds is 1. The molecule has 16 heavy (non-hydrogen) atoms. The minimum Gasteiger partial charge on any atom is -0.258 e. The van der Waals surface area contributed by atoms with Gasteiger partial charge in [-0.05, 0) is 18.6 Å². The monoisotopic (exact) mass is 256 g/mol. The van der Waals surface area contributed by atoms with Gasteiger partial charge in [-0.1, -0.05) is 17.7 Å². The van der Waals surface area contributed by atoms with Crippen molar-refractivity contribution in [2.24, 2.45) is 0 Å². The fraction of sp³-hybridized carbons (Fsp3) is 0.100. The standard InChI is InChI=1S/C7H6ClNO2.C3H3NS/c1-5-2-3-6(8)7(4-5)9(10)11;1-2-5-3-4-1/h2-4H,1H3;1-3H. The Hall–Kier alpha value is -1.46. The SMILES string of the molecule is Cc1ccc(Cl)c([N+](=O)[O-])c1.c1cscn1. The Balaban J connectivity index is 0.000000212. The smallest absolute Gasteiger partial charge is 0.258 e. The molecule has 2 aromatic rings. The Morgan fingerprint density at radius 3 is 2.62 bits per heavy atom. The molecule has 0 amide bonds. The zero-order chi connectivity index (χ0) is 12.0. The topological polar surface area (TPSA) is 56.0 Å². The molecule has 4 nitrogen and oxygen atoms in total. The quantitative estimate of drug-likeness (QED) is 0.577. The van der Waals surface area contributed by atoms with Crippen LogP contribution in [0.25, 0.3) is 0 Å². The minimum atomic E-state index is -0.491. The van der Waals surface area contributed by atoms with Crippen LogP contribution in [-0.4, -0.2) is 9.91 Å². The van der Waals surface area contributed by atoms with Crippen LogP contribution in [0.4, 0.5) is 5.69 Å². The first kappa shape index (κ1) is 12.6. The molecule has 0 atom stereocenters. The predicted octanol–water partition coefficient (Wildman–Crippen LogP) is 3.70. The highest BCUT2D eigenvalue weighted by Crippen LogP contribution is 2.24. The van der Waals surface area contributed by atoms with E-state index in [2.05, 4.69) is 4.98 Å². The second-order valence-electron chi connectivity index (χ2n) is 2.89. The number of nitro benzene ring substituents is 1. The maximum Gasteiger partial charge on any atom is 0.288 e. The number of hydrogen-bond donors (Lipinski definition) is 0. The third-order valence-electron chi connectivity index (χ3n) is 1.65. The van der Waals surface area contributed by atoms with Gasteiger partial charge in [0, 0.05) is 17.6 Å². The lowest BCUT2D eigenvalue weighted by molar-refractivity contribution is -0.384. The summed E-state index contributed by atoms with van der Waals surface area (Å²) >= 11 is 7.15. The molecule has 0 bridgehead atoms. The van der Waals surface area contributed by atoms with Gasteiger partial charge in [0.25, 0.3) is 5.69 Å². The second-order valence-corrected chi connectivity index (χ2v) is 4.05. The number of halogens is 1. The van der Waals surface area contributed by atoms with Crippen molar-refractivity contribution in [1.82, 2.24) is 4.98 Å². The molecule has 0 fully saturated rings.